The van der Waals surface area contributed by atoms with E-state index in [4.69, 9.17) is 0 Å². The first-order valence-electron chi connectivity index (χ1n) is 11.4. The lowest BCUT2D eigenvalue weighted by Gasteiger charge is -2.60. The number of allylic oxidation sites excluding steroid dienone is 2. The average Bonchev–Trinajstić information content (AvgIpc) is 3.19. The number of hydrogen-bond acceptors (Lipinski definition) is 6. The highest BCUT2D eigenvalue weighted by Gasteiger charge is 2.75. The van der Waals surface area contributed by atoms with E-state index < -0.39 is 23.7 Å². The van der Waals surface area contributed by atoms with Crippen LogP contribution in [-0.4, -0.2) is 33.8 Å². The van der Waals surface area contributed by atoms with Crippen molar-refractivity contribution in [2.45, 2.75) is 0 Å². The Balaban J connectivity index is 1.25. The van der Waals surface area contributed by atoms with Crippen molar-refractivity contribution >= 4 is 35.0 Å². The second-order valence-corrected chi connectivity index (χ2v) is 9.85. The van der Waals surface area contributed by atoms with E-state index in [0.717, 1.165) is 0 Å². The minimum absolute atomic E-state index is 0.0445. The van der Waals surface area contributed by atoms with E-state index in [2.05, 4.69) is 0 Å². The van der Waals surface area contributed by atoms with Gasteiger partial charge in [-0.2, -0.15) is 0 Å². The lowest BCUT2D eigenvalue weighted by Crippen LogP contribution is -2.63. The largest absolute Gasteiger partial charge is 0.508 e. The molecule has 6 aliphatic rings. The molecular weight excluding hydrogens is 436 g/mol. The number of imide groups is 2. The van der Waals surface area contributed by atoms with Crippen molar-refractivity contribution in [1.29, 1.82) is 0 Å². The number of carbonyl (C=O) groups excluding carboxylic acids is 4. The summed E-state index contributed by atoms with van der Waals surface area (Å²) in [6.07, 6.45) is 3.94. The molecule has 2 heterocycles. The van der Waals surface area contributed by atoms with Crippen LogP contribution >= 0.6 is 0 Å². The fourth-order valence-electron chi connectivity index (χ4n) is 7.31. The molecule has 8 heteroatoms. The Hall–Kier alpha value is -3.94. The summed E-state index contributed by atoms with van der Waals surface area (Å²) >= 11 is 0. The molecule has 170 valence electrons. The van der Waals surface area contributed by atoms with Gasteiger partial charge < -0.3 is 10.2 Å². The smallest absolute Gasteiger partial charge is 0.238 e. The molecule has 0 unspecified atom stereocenters. The molecule has 2 N–H and O–H groups in total. The van der Waals surface area contributed by atoms with E-state index in [1.807, 2.05) is 12.2 Å². The molecule has 8 rings (SSSR count). The van der Waals surface area contributed by atoms with Crippen molar-refractivity contribution in [3.8, 4) is 11.5 Å². The van der Waals surface area contributed by atoms with Crippen molar-refractivity contribution in [3.63, 3.8) is 0 Å². The van der Waals surface area contributed by atoms with Crippen molar-refractivity contribution in [2.24, 2.45) is 47.3 Å². The third-order valence-electron chi connectivity index (χ3n) is 8.56. The van der Waals surface area contributed by atoms with Gasteiger partial charge in [0.1, 0.15) is 11.5 Å². The van der Waals surface area contributed by atoms with Crippen molar-refractivity contribution < 1.29 is 29.4 Å². The summed E-state index contributed by atoms with van der Waals surface area (Å²) in [6.45, 7) is 0. The standard InChI is InChI=1S/C26H20N2O6/c29-13-5-1-11(2-6-13)27-23(31)19-15-9-10-16(20(19)24(27)32)18-17(15)21-22(18)26(34)28(25(21)33)12-3-7-14(30)8-4-12/h1-10,15-22,29-30H/t15-,16+,17-,18-,19+,20-,21+,22-/m0/s1. The van der Waals surface area contributed by atoms with Crippen LogP contribution in [0.5, 0.6) is 11.5 Å². The number of amides is 4. The Kier molecular flexibility index (Phi) is 3.64. The minimum Gasteiger partial charge on any atom is -0.508 e. The second-order valence-electron chi connectivity index (χ2n) is 9.85. The second kappa shape index (κ2) is 6.34. The maximum absolute atomic E-state index is 13.5. The molecule has 2 saturated carbocycles. The lowest BCUT2D eigenvalue weighted by atomic mass is 9.40. The number of carbonyl (C=O) groups is 4. The van der Waals surface area contributed by atoms with Crippen LogP contribution in [0, 0.1) is 47.3 Å². The van der Waals surface area contributed by atoms with Gasteiger partial charge in [-0.25, -0.2) is 0 Å². The Bertz CT molecular complexity index is 1260. The summed E-state index contributed by atoms with van der Waals surface area (Å²) in [5.41, 5.74) is 0.838. The fourth-order valence-corrected chi connectivity index (χ4v) is 7.31. The number of hydrogen-bond donors (Lipinski definition) is 2. The van der Waals surface area contributed by atoms with Gasteiger partial charge in [0.15, 0.2) is 0 Å². The van der Waals surface area contributed by atoms with Gasteiger partial charge in [0.25, 0.3) is 0 Å². The highest BCUT2D eigenvalue weighted by Crippen LogP contribution is 2.68. The van der Waals surface area contributed by atoms with Gasteiger partial charge in [0, 0.05) is 0 Å². The Morgan fingerprint density at radius 3 is 1.18 bits per heavy atom. The van der Waals surface area contributed by atoms with E-state index in [-0.39, 0.29) is 58.8 Å². The first kappa shape index (κ1) is 19.5. The molecule has 2 aromatic rings. The molecule has 2 aliphatic heterocycles. The number of anilines is 2. The molecule has 2 bridgehead atoms. The predicted molar refractivity (Wildman–Crippen MR) is 118 cm³/mol. The molecular formula is C26H20N2O6. The van der Waals surface area contributed by atoms with Crippen LogP contribution in [-0.2, 0) is 19.2 Å². The molecule has 0 aromatic heterocycles. The Morgan fingerprint density at radius 2 is 0.824 bits per heavy atom. The lowest BCUT2D eigenvalue weighted by molar-refractivity contribution is -0.166. The number of phenolic OH excluding ortho intramolecular Hbond substituents is 2. The topological polar surface area (TPSA) is 115 Å². The first-order chi connectivity index (χ1) is 16.4. The van der Waals surface area contributed by atoms with Gasteiger partial charge in [0.2, 0.25) is 23.6 Å². The number of nitrogens with zero attached hydrogens (tertiary/aromatic N) is 2. The summed E-state index contributed by atoms with van der Waals surface area (Å²) in [6, 6.07) is 11.9. The molecule has 4 amide bonds. The highest BCUT2D eigenvalue weighted by atomic mass is 16.3. The SMILES string of the molecule is O=C1[C@@H]2[C@H]3C=C[C@@H]([C@@H]2C(=O)N1c1ccc(O)cc1)[C@@H]1[C@@H]2C(=O)N(c4ccc(O)cc4)C(=O)[C@@H]2[C@@H]31. The molecule has 2 aromatic carbocycles. The predicted octanol–water partition coefficient (Wildman–Crippen LogP) is 2.07. The van der Waals surface area contributed by atoms with Gasteiger partial charge >= 0.3 is 0 Å². The first-order valence-corrected chi connectivity index (χ1v) is 11.4. The van der Waals surface area contributed by atoms with Crippen LogP contribution in [0.25, 0.3) is 0 Å². The van der Waals surface area contributed by atoms with Crippen LogP contribution in [0.4, 0.5) is 11.4 Å². The number of fused-ring (bicyclic) bond motifs is 1. The number of aromatic hydroxyl groups is 2. The quantitative estimate of drug-likeness (QED) is 0.528. The Labute approximate surface area is 194 Å². The van der Waals surface area contributed by atoms with Crippen molar-refractivity contribution in [3.05, 3.63) is 60.7 Å². The van der Waals surface area contributed by atoms with Gasteiger partial charge in [-0.05, 0) is 72.2 Å². The fraction of sp³-hybridized carbons (Fsp3) is 0.308. The summed E-state index contributed by atoms with van der Waals surface area (Å²) < 4.78 is 0. The number of phenols is 2. The average molecular weight is 456 g/mol. The number of rotatable bonds is 2. The minimum atomic E-state index is -0.552. The number of benzene rings is 2. The molecule has 2 saturated heterocycles. The van der Waals surface area contributed by atoms with Gasteiger partial charge in [-0.1, -0.05) is 12.2 Å². The highest BCUT2D eigenvalue weighted by molar-refractivity contribution is 6.25. The Morgan fingerprint density at radius 1 is 0.500 bits per heavy atom. The molecule has 0 spiro atoms. The van der Waals surface area contributed by atoms with Crippen molar-refractivity contribution in [2.75, 3.05) is 9.80 Å². The van der Waals surface area contributed by atoms with Crippen LogP contribution in [0.3, 0.4) is 0 Å². The van der Waals surface area contributed by atoms with Gasteiger partial charge in [-0.3, -0.25) is 29.0 Å². The van der Waals surface area contributed by atoms with Crippen LogP contribution < -0.4 is 9.80 Å². The van der Waals surface area contributed by atoms with Crippen LogP contribution in [0.2, 0.25) is 0 Å². The van der Waals surface area contributed by atoms with E-state index in [1.54, 1.807) is 24.3 Å². The monoisotopic (exact) mass is 456 g/mol. The molecule has 0 radical (unpaired) electrons. The van der Waals surface area contributed by atoms with Crippen LogP contribution in [0.15, 0.2) is 60.7 Å². The van der Waals surface area contributed by atoms with Gasteiger partial charge in [0.05, 0.1) is 35.0 Å². The molecule has 4 fully saturated rings. The molecule has 8 nitrogen and oxygen atoms in total. The summed E-state index contributed by atoms with van der Waals surface area (Å²) in [7, 11) is 0. The zero-order chi connectivity index (χ0) is 23.5. The van der Waals surface area contributed by atoms with E-state index in [9.17, 15) is 29.4 Å². The third kappa shape index (κ3) is 2.18. The summed E-state index contributed by atoms with van der Waals surface area (Å²) in [4.78, 5) is 56.1. The zero-order valence-corrected chi connectivity index (χ0v) is 17.8. The van der Waals surface area contributed by atoms with Crippen molar-refractivity contribution in [1.82, 2.24) is 0 Å². The van der Waals surface area contributed by atoms with Gasteiger partial charge in [-0.15, -0.1) is 0 Å². The normalized spacial score (nSPS) is 37.1. The van der Waals surface area contributed by atoms with Crippen LogP contribution in [0.1, 0.15) is 0 Å². The molecule has 4 aliphatic carbocycles. The summed E-state index contributed by atoms with van der Waals surface area (Å²) in [5, 5.41) is 19.2. The van der Waals surface area contributed by atoms with E-state index in [0.29, 0.717) is 11.4 Å². The zero-order valence-electron chi connectivity index (χ0n) is 17.8. The van der Waals surface area contributed by atoms with E-state index in [1.165, 1.54) is 34.1 Å². The maximum atomic E-state index is 13.5. The molecule has 34 heavy (non-hydrogen) atoms. The third-order valence-corrected chi connectivity index (χ3v) is 8.56. The maximum Gasteiger partial charge on any atom is 0.238 e. The molecule has 8 atom stereocenters. The van der Waals surface area contributed by atoms with E-state index >= 15 is 0 Å². The summed E-state index contributed by atoms with van der Waals surface area (Å²) in [5.74, 6) is -4.01.